The van der Waals surface area contributed by atoms with Crippen molar-refractivity contribution < 1.29 is 9.53 Å². The van der Waals surface area contributed by atoms with Gasteiger partial charge in [0.25, 0.3) is 5.56 Å². The fraction of sp³-hybridized carbons (Fsp3) is 0.231. The summed E-state index contributed by atoms with van der Waals surface area (Å²) in [7, 11) is 3.35. The van der Waals surface area contributed by atoms with E-state index in [-0.39, 0.29) is 11.5 Å². The first-order valence-electron chi connectivity index (χ1n) is 12.0. The summed E-state index contributed by atoms with van der Waals surface area (Å²) in [5.41, 5.74) is 2.81. The normalized spacial score (nSPS) is 12.0. The molecule has 0 radical (unpaired) electrons. The van der Waals surface area contributed by atoms with Crippen LogP contribution in [0, 0.1) is 0 Å². The number of carbonyl (C=O) groups is 1. The van der Waals surface area contributed by atoms with Crippen molar-refractivity contribution in [1.29, 1.82) is 0 Å². The number of carbonyl (C=O) groups excluding carboxylic acids is 1. The number of methoxy groups -OCH3 is 1. The number of tetrazole rings is 1. The van der Waals surface area contributed by atoms with E-state index in [1.165, 1.54) is 28.8 Å². The molecule has 1 unspecified atom stereocenters. The van der Waals surface area contributed by atoms with E-state index in [1.54, 1.807) is 35.1 Å². The van der Waals surface area contributed by atoms with Crippen LogP contribution >= 0.6 is 11.6 Å². The number of ether oxygens (including phenoxy) is 1. The van der Waals surface area contributed by atoms with Crippen LogP contribution < -0.4 is 15.6 Å². The molecule has 0 aliphatic heterocycles. The van der Waals surface area contributed by atoms with Gasteiger partial charge in [0.1, 0.15) is 18.1 Å². The van der Waals surface area contributed by atoms with Crippen LogP contribution in [0.4, 0.5) is 5.69 Å². The van der Waals surface area contributed by atoms with E-state index in [4.69, 9.17) is 16.3 Å². The highest BCUT2D eigenvalue weighted by atomic mass is 35.5. The predicted molar refractivity (Wildman–Crippen MR) is 144 cm³/mol. The molecule has 0 fully saturated rings. The van der Waals surface area contributed by atoms with Crippen LogP contribution in [0.2, 0.25) is 5.02 Å². The Morgan fingerprint density at radius 2 is 1.97 bits per heavy atom. The molecule has 0 bridgehead atoms. The Labute approximate surface area is 222 Å². The van der Waals surface area contributed by atoms with Gasteiger partial charge in [-0.2, -0.15) is 9.78 Å². The highest BCUT2D eigenvalue weighted by molar-refractivity contribution is 6.31. The summed E-state index contributed by atoms with van der Waals surface area (Å²) in [6.45, 7) is 1.96. The number of hydrogen-bond acceptors (Lipinski definition) is 7. The number of anilines is 1. The van der Waals surface area contributed by atoms with Gasteiger partial charge in [-0.1, -0.05) is 24.9 Å². The Morgan fingerprint density at radius 1 is 1.13 bits per heavy atom. The zero-order valence-corrected chi connectivity index (χ0v) is 21.8. The summed E-state index contributed by atoms with van der Waals surface area (Å²) >= 11 is 6.30. The predicted octanol–water partition coefficient (Wildman–Crippen LogP) is 4.02. The molecule has 1 atom stereocenters. The Morgan fingerprint density at radius 3 is 2.71 bits per heavy atom. The first kappa shape index (κ1) is 25.2. The third kappa shape index (κ3) is 4.88. The fourth-order valence-electron chi connectivity index (χ4n) is 4.46. The van der Waals surface area contributed by atoms with Gasteiger partial charge >= 0.3 is 0 Å². The number of benzene rings is 2. The van der Waals surface area contributed by atoms with Gasteiger partial charge in [0.05, 0.1) is 24.5 Å². The largest absolute Gasteiger partial charge is 0.495 e. The molecule has 11 nitrogen and oxygen atoms in total. The highest BCUT2D eigenvalue weighted by Crippen LogP contribution is 2.35. The number of aromatic nitrogens is 7. The van der Waals surface area contributed by atoms with E-state index in [9.17, 15) is 9.59 Å². The lowest BCUT2D eigenvalue weighted by molar-refractivity contribution is -0.119. The number of fused-ring (bicyclic) bond motifs is 1. The number of halogens is 1. The topological polar surface area (TPSA) is 122 Å². The minimum atomic E-state index is -0.751. The van der Waals surface area contributed by atoms with Crippen molar-refractivity contribution in [3.63, 3.8) is 0 Å². The van der Waals surface area contributed by atoms with Crippen LogP contribution in [0.3, 0.4) is 0 Å². The summed E-state index contributed by atoms with van der Waals surface area (Å²) in [5, 5.41) is 20.0. The molecule has 0 aliphatic carbocycles. The molecule has 3 heterocycles. The van der Waals surface area contributed by atoms with Gasteiger partial charge in [-0.15, -0.1) is 5.10 Å². The quantitative estimate of drug-likeness (QED) is 0.320. The van der Waals surface area contributed by atoms with E-state index < -0.39 is 6.04 Å². The van der Waals surface area contributed by atoms with Crippen molar-refractivity contribution in [1.82, 2.24) is 34.6 Å². The first-order valence-corrected chi connectivity index (χ1v) is 12.3. The molecule has 2 aromatic carbocycles. The standard InChI is InChI=1S/C26H25ClN8O3/c1-4-5-23(26(37)29-18-7-8-21-16(10-18)13-33(2)30-21)34-14-24(38-3)20(12-25(34)36)19-11-17(27)6-9-22(19)35-15-28-31-32-35/h6-15,23H,4-5H2,1-3H3,(H,29,37). The molecule has 5 rings (SSSR count). The van der Waals surface area contributed by atoms with Gasteiger partial charge in [-0.05, 0) is 53.2 Å². The molecule has 5 aromatic rings. The number of nitrogens with one attached hydrogen (secondary N) is 1. The van der Waals surface area contributed by atoms with E-state index in [2.05, 4.69) is 25.9 Å². The van der Waals surface area contributed by atoms with Gasteiger partial charge in [0.2, 0.25) is 5.91 Å². The molecular formula is C26H25ClN8O3. The van der Waals surface area contributed by atoms with Gasteiger partial charge in [0.15, 0.2) is 0 Å². The second-order valence-electron chi connectivity index (χ2n) is 8.79. The van der Waals surface area contributed by atoms with E-state index in [0.717, 1.165) is 10.9 Å². The Kier molecular flexibility index (Phi) is 6.93. The van der Waals surface area contributed by atoms with Crippen LogP contribution in [-0.4, -0.2) is 47.6 Å². The average molecular weight is 533 g/mol. The molecule has 1 amide bonds. The van der Waals surface area contributed by atoms with Crippen LogP contribution in [0.25, 0.3) is 27.7 Å². The average Bonchev–Trinajstić information content (AvgIpc) is 3.56. The van der Waals surface area contributed by atoms with Crippen molar-refractivity contribution >= 4 is 34.1 Å². The summed E-state index contributed by atoms with van der Waals surface area (Å²) in [6.07, 6.45) is 6.03. The number of amides is 1. The zero-order valence-electron chi connectivity index (χ0n) is 21.0. The molecule has 0 saturated carbocycles. The van der Waals surface area contributed by atoms with Gasteiger partial charge in [-0.3, -0.25) is 18.8 Å². The second kappa shape index (κ2) is 10.5. The monoisotopic (exact) mass is 532 g/mol. The SMILES string of the molecule is CCCC(C(=O)Nc1ccc2nn(C)cc2c1)n1cc(OC)c(-c2cc(Cl)ccc2-n2cnnn2)cc1=O. The smallest absolute Gasteiger partial charge is 0.252 e. The maximum Gasteiger partial charge on any atom is 0.252 e. The van der Waals surface area contributed by atoms with Crippen molar-refractivity contribution in [2.24, 2.45) is 7.05 Å². The molecule has 0 aliphatic rings. The zero-order chi connectivity index (χ0) is 26.8. The van der Waals surface area contributed by atoms with Crippen molar-refractivity contribution in [3.05, 3.63) is 76.6 Å². The second-order valence-corrected chi connectivity index (χ2v) is 9.22. The van der Waals surface area contributed by atoms with Gasteiger partial charge < -0.3 is 10.1 Å². The van der Waals surface area contributed by atoms with E-state index in [1.807, 2.05) is 32.3 Å². The Hall–Kier alpha value is -4.51. The maximum atomic E-state index is 13.5. The van der Waals surface area contributed by atoms with Crippen LogP contribution in [0.1, 0.15) is 25.8 Å². The highest BCUT2D eigenvalue weighted by Gasteiger charge is 2.24. The van der Waals surface area contributed by atoms with Crippen LogP contribution in [-0.2, 0) is 11.8 Å². The molecule has 38 heavy (non-hydrogen) atoms. The lowest BCUT2D eigenvalue weighted by Crippen LogP contribution is -2.33. The molecule has 1 N–H and O–H groups in total. The van der Waals surface area contributed by atoms with Crippen molar-refractivity contribution in [2.45, 2.75) is 25.8 Å². The molecule has 0 spiro atoms. The molecule has 194 valence electrons. The summed E-state index contributed by atoms with van der Waals surface area (Å²) in [6, 6.07) is 11.4. The minimum Gasteiger partial charge on any atom is -0.495 e. The number of hydrogen-bond donors (Lipinski definition) is 1. The number of aryl methyl sites for hydroxylation is 1. The lowest BCUT2D eigenvalue weighted by Gasteiger charge is -2.21. The molecule has 0 saturated heterocycles. The van der Waals surface area contributed by atoms with Crippen molar-refractivity contribution in [3.8, 4) is 22.6 Å². The number of rotatable bonds is 8. The first-order chi connectivity index (χ1) is 18.4. The molecule has 3 aromatic heterocycles. The summed E-state index contributed by atoms with van der Waals surface area (Å²) in [4.78, 5) is 26.9. The summed E-state index contributed by atoms with van der Waals surface area (Å²) < 4.78 is 10.3. The number of nitrogens with zero attached hydrogens (tertiary/aromatic N) is 7. The van der Waals surface area contributed by atoms with Gasteiger partial charge in [0, 0.05) is 46.5 Å². The van der Waals surface area contributed by atoms with Crippen molar-refractivity contribution in [2.75, 3.05) is 12.4 Å². The molecule has 12 heteroatoms. The maximum absolute atomic E-state index is 13.5. The van der Waals surface area contributed by atoms with E-state index >= 15 is 0 Å². The number of pyridine rings is 1. The minimum absolute atomic E-state index is 0.302. The third-order valence-corrected chi connectivity index (χ3v) is 6.43. The van der Waals surface area contributed by atoms with Gasteiger partial charge in [-0.25, -0.2) is 0 Å². The van der Waals surface area contributed by atoms with Crippen LogP contribution in [0.5, 0.6) is 5.75 Å². The molecular weight excluding hydrogens is 508 g/mol. The fourth-order valence-corrected chi connectivity index (χ4v) is 4.64. The van der Waals surface area contributed by atoms with Crippen LogP contribution in [0.15, 0.2) is 66.0 Å². The summed E-state index contributed by atoms with van der Waals surface area (Å²) in [5.74, 6) is 0.0935. The Balaban J connectivity index is 1.53. The Bertz CT molecular complexity index is 1680. The lowest BCUT2D eigenvalue weighted by atomic mass is 10.0. The third-order valence-electron chi connectivity index (χ3n) is 6.20. The van der Waals surface area contributed by atoms with E-state index in [0.29, 0.717) is 46.1 Å².